The third kappa shape index (κ3) is 4.45. The van der Waals surface area contributed by atoms with Gasteiger partial charge in [0.25, 0.3) is 0 Å². The molecule has 4 heterocycles. The highest BCUT2D eigenvalue weighted by molar-refractivity contribution is 5.99. The van der Waals surface area contributed by atoms with Crippen molar-refractivity contribution in [1.29, 1.82) is 0 Å². The lowest BCUT2D eigenvalue weighted by Crippen LogP contribution is -2.45. The number of nitrogen functional groups attached to an aromatic ring is 1. The number of nitrogens with two attached hydrogens (primary N) is 1. The predicted octanol–water partition coefficient (Wildman–Crippen LogP) is 4.92. The lowest BCUT2D eigenvalue weighted by atomic mass is 9.90. The molecule has 1 unspecified atom stereocenters. The smallest absolute Gasteiger partial charge is 0.164 e. The summed E-state index contributed by atoms with van der Waals surface area (Å²) >= 11 is 0. The zero-order valence-electron chi connectivity index (χ0n) is 22.3. The summed E-state index contributed by atoms with van der Waals surface area (Å²) in [4.78, 5) is 20.0. The molecular formula is C30H34N8O. The molecule has 2 aliphatic rings. The number of rotatable bonds is 5. The van der Waals surface area contributed by atoms with E-state index in [0.29, 0.717) is 17.9 Å². The minimum Gasteiger partial charge on any atom is -0.383 e. The lowest BCUT2D eigenvalue weighted by Gasteiger charge is -2.38. The Balaban J connectivity index is 1.21. The molecule has 9 nitrogen and oxygen atoms in total. The molecule has 0 bridgehead atoms. The average molecular weight is 523 g/mol. The molecule has 1 atom stereocenters. The third-order valence-corrected chi connectivity index (χ3v) is 8.58. The van der Waals surface area contributed by atoms with Crippen LogP contribution in [0.25, 0.3) is 33.3 Å². The van der Waals surface area contributed by atoms with Gasteiger partial charge in [-0.05, 0) is 43.4 Å². The number of morpholine rings is 1. The first kappa shape index (κ1) is 24.2. The van der Waals surface area contributed by atoms with E-state index in [-0.39, 0.29) is 5.92 Å². The van der Waals surface area contributed by atoms with Crippen LogP contribution in [0.5, 0.6) is 0 Å². The number of H-pyrrole nitrogens is 1. The second-order valence-corrected chi connectivity index (χ2v) is 10.8. The summed E-state index contributed by atoms with van der Waals surface area (Å²) in [6, 6.07) is 17.6. The monoisotopic (exact) mass is 522 g/mol. The fourth-order valence-electron chi connectivity index (χ4n) is 6.34. The summed E-state index contributed by atoms with van der Waals surface area (Å²) in [5.41, 5.74) is 12.2. The van der Waals surface area contributed by atoms with Crippen LogP contribution < -0.4 is 5.73 Å². The number of imidazole rings is 1. The highest BCUT2D eigenvalue weighted by Gasteiger charge is 2.30. The molecule has 1 saturated heterocycles. The second kappa shape index (κ2) is 10.1. The molecule has 3 aromatic heterocycles. The maximum absolute atomic E-state index is 6.43. The standard InChI is InChI=1S/C30H34N8O/c1-19(20-5-3-2-4-6-20)29-34-24-12-7-21(17-25(24)35-29)27-26-28(31)32-18-33-30(26)38(36-27)23-10-8-22(9-11-23)37-13-15-39-16-14-37/h2-7,12,17-19,22-23H,8-11,13-16H2,1H3,(H,34,35)(H2,31,32,33). The van der Waals surface area contributed by atoms with Crippen molar-refractivity contribution >= 4 is 27.9 Å². The van der Waals surface area contributed by atoms with E-state index >= 15 is 0 Å². The van der Waals surface area contributed by atoms with Gasteiger partial charge in [-0.15, -0.1) is 0 Å². The van der Waals surface area contributed by atoms with E-state index < -0.39 is 0 Å². The van der Waals surface area contributed by atoms with Gasteiger partial charge in [0.2, 0.25) is 0 Å². The molecule has 2 aromatic carbocycles. The van der Waals surface area contributed by atoms with E-state index in [1.165, 1.54) is 5.56 Å². The van der Waals surface area contributed by atoms with Crippen molar-refractivity contribution in [3.63, 3.8) is 0 Å². The lowest BCUT2D eigenvalue weighted by molar-refractivity contribution is 0.00520. The van der Waals surface area contributed by atoms with Gasteiger partial charge in [0, 0.05) is 30.6 Å². The van der Waals surface area contributed by atoms with Gasteiger partial charge in [-0.1, -0.05) is 43.3 Å². The zero-order chi connectivity index (χ0) is 26.3. The second-order valence-electron chi connectivity index (χ2n) is 10.8. The number of aromatic nitrogens is 6. The number of anilines is 1. The first-order valence-corrected chi connectivity index (χ1v) is 14.0. The Morgan fingerprint density at radius 2 is 1.74 bits per heavy atom. The van der Waals surface area contributed by atoms with Crippen molar-refractivity contribution in [1.82, 2.24) is 34.6 Å². The Morgan fingerprint density at radius 3 is 2.54 bits per heavy atom. The Kier molecular flexibility index (Phi) is 6.25. The average Bonchev–Trinajstić information content (AvgIpc) is 3.60. The number of benzene rings is 2. The number of aromatic amines is 1. The largest absolute Gasteiger partial charge is 0.383 e. The van der Waals surface area contributed by atoms with Crippen LogP contribution in [-0.2, 0) is 4.74 Å². The molecule has 1 aliphatic heterocycles. The van der Waals surface area contributed by atoms with Gasteiger partial charge in [0.15, 0.2) is 5.65 Å². The molecule has 0 amide bonds. The highest BCUT2D eigenvalue weighted by Crippen LogP contribution is 2.37. The molecule has 1 aliphatic carbocycles. The van der Waals surface area contributed by atoms with Gasteiger partial charge in [0.05, 0.1) is 35.7 Å². The van der Waals surface area contributed by atoms with Gasteiger partial charge in [-0.3, -0.25) is 4.90 Å². The molecule has 1 saturated carbocycles. The third-order valence-electron chi connectivity index (χ3n) is 8.58. The topological polar surface area (TPSA) is 111 Å². The van der Waals surface area contributed by atoms with Crippen molar-refractivity contribution in [2.75, 3.05) is 32.0 Å². The summed E-state index contributed by atoms with van der Waals surface area (Å²) in [7, 11) is 0. The van der Waals surface area contributed by atoms with Gasteiger partial charge >= 0.3 is 0 Å². The Hall–Kier alpha value is -3.82. The van der Waals surface area contributed by atoms with Gasteiger partial charge in [0.1, 0.15) is 23.7 Å². The van der Waals surface area contributed by atoms with Crippen molar-refractivity contribution in [3.8, 4) is 11.3 Å². The van der Waals surface area contributed by atoms with Crippen LogP contribution in [-0.4, -0.2) is 67.0 Å². The van der Waals surface area contributed by atoms with Crippen molar-refractivity contribution in [2.24, 2.45) is 0 Å². The SMILES string of the molecule is CC(c1ccccc1)c1nc2ccc(-c3nn(C4CCC(N5CCOCC5)CC4)c4ncnc(N)c34)cc2[nH]1. The molecule has 2 fully saturated rings. The van der Waals surface area contributed by atoms with Crippen molar-refractivity contribution < 1.29 is 4.74 Å². The van der Waals surface area contributed by atoms with Crippen molar-refractivity contribution in [3.05, 3.63) is 66.2 Å². The molecule has 9 heteroatoms. The molecule has 0 spiro atoms. The van der Waals surface area contributed by atoms with E-state index in [2.05, 4.69) is 73.9 Å². The minimum atomic E-state index is 0.165. The summed E-state index contributed by atoms with van der Waals surface area (Å²) < 4.78 is 7.67. The number of nitrogens with one attached hydrogen (secondary N) is 1. The van der Waals surface area contributed by atoms with Gasteiger partial charge < -0.3 is 15.5 Å². The molecule has 5 aromatic rings. The number of hydrogen-bond acceptors (Lipinski definition) is 7. The fraction of sp³-hybridized carbons (Fsp3) is 0.400. The van der Waals surface area contributed by atoms with E-state index in [9.17, 15) is 0 Å². The van der Waals surface area contributed by atoms with E-state index in [1.807, 2.05) is 6.07 Å². The molecular weight excluding hydrogens is 488 g/mol. The Bertz CT molecular complexity index is 1600. The molecule has 200 valence electrons. The summed E-state index contributed by atoms with van der Waals surface area (Å²) in [6.07, 6.45) is 6.01. The number of ether oxygens (including phenoxy) is 1. The molecule has 7 rings (SSSR count). The highest BCUT2D eigenvalue weighted by atomic mass is 16.5. The molecule has 39 heavy (non-hydrogen) atoms. The maximum atomic E-state index is 6.43. The fourth-order valence-corrected chi connectivity index (χ4v) is 6.34. The molecule has 3 N–H and O–H groups in total. The van der Waals surface area contributed by atoms with Gasteiger partial charge in [-0.2, -0.15) is 5.10 Å². The Labute approximate surface area is 227 Å². The predicted molar refractivity (Wildman–Crippen MR) is 152 cm³/mol. The minimum absolute atomic E-state index is 0.165. The quantitative estimate of drug-likeness (QED) is 0.337. The van der Waals surface area contributed by atoms with Crippen LogP contribution in [0.15, 0.2) is 54.9 Å². The number of fused-ring (bicyclic) bond motifs is 2. The van der Waals surface area contributed by atoms with E-state index in [1.54, 1.807) is 6.33 Å². The molecule has 0 radical (unpaired) electrons. The maximum Gasteiger partial charge on any atom is 0.164 e. The summed E-state index contributed by atoms with van der Waals surface area (Å²) in [6.45, 7) is 5.94. The van der Waals surface area contributed by atoms with E-state index in [4.69, 9.17) is 20.6 Å². The van der Waals surface area contributed by atoms with E-state index in [0.717, 1.165) is 91.1 Å². The van der Waals surface area contributed by atoms with Crippen molar-refractivity contribution in [2.45, 2.75) is 50.6 Å². The van der Waals surface area contributed by atoms with Crippen LogP contribution >= 0.6 is 0 Å². The normalized spacial score (nSPS) is 21.5. The van der Waals surface area contributed by atoms with Crippen LogP contribution in [0.2, 0.25) is 0 Å². The van der Waals surface area contributed by atoms with Gasteiger partial charge in [-0.25, -0.2) is 19.6 Å². The van der Waals surface area contributed by atoms with Crippen LogP contribution in [0, 0.1) is 0 Å². The Morgan fingerprint density at radius 1 is 0.974 bits per heavy atom. The zero-order valence-corrected chi connectivity index (χ0v) is 22.3. The first-order chi connectivity index (χ1) is 19.2. The summed E-state index contributed by atoms with van der Waals surface area (Å²) in [5.74, 6) is 1.58. The number of nitrogens with zero attached hydrogens (tertiary/aromatic N) is 6. The number of hydrogen-bond donors (Lipinski definition) is 2. The van der Waals surface area contributed by atoms with Crippen LogP contribution in [0.3, 0.4) is 0 Å². The summed E-state index contributed by atoms with van der Waals surface area (Å²) in [5, 5.41) is 5.97. The van der Waals surface area contributed by atoms with Crippen LogP contribution in [0.4, 0.5) is 5.82 Å². The first-order valence-electron chi connectivity index (χ1n) is 14.0. The van der Waals surface area contributed by atoms with Crippen LogP contribution in [0.1, 0.15) is 56.0 Å².